The Morgan fingerprint density at radius 1 is 1.40 bits per heavy atom. The fourth-order valence-electron chi connectivity index (χ4n) is 2.57. The summed E-state index contributed by atoms with van der Waals surface area (Å²) in [5, 5.41) is 5.69. The van der Waals surface area contributed by atoms with Crippen LogP contribution in [0.3, 0.4) is 0 Å². The largest absolute Gasteiger partial charge is 0.382 e. The minimum atomic E-state index is -0.176. The van der Waals surface area contributed by atoms with Crippen molar-refractivity contribution in [1.29, 1.82) is 0 Å². The van der Waals surface area contributed by atoms with Crippen molar-refractivity contribution in [2.24, 2.45) is 0 Å². The lowest BCUT2D eigenvalue weighted by molar-refractivity contribution is -0.00138. The molecule has 1 aliphatic rings. The summed E-state index contributed by atoms with van der Waals surface area (Å²) in [6.07, 6.45) is 0.805. The number of hydrogen-bond donors (Lipinski definition) is 2. The van der Waals surface area contributed by atoms with Gasteiger partial charge in [-0.05, 0) is 38.5 Å². The standard InChI is InChI=1S/C18H27N3O4/c1-3-24-10-5-8-19-17(22)15-6-4-7-16(12-15)20-18(23)21-9-11-25-14(2)13-21/h4,6-7,12,14H,3,5,8-11,13H2,1-2H3,(H,19,22)(H,20,23)/t14-/m0/s1. The highest BCUT2D eigenvalue weighted by atomic mass is 16.5. The molecule has 7 nitrogen and oxygen atoms in total. The molecular weight excluding hydrogens is 322 g/mol. The topological polar surface area (TPSA) is 79.9 Å². The van der Waals surface area contributed by atoms with E-state index in [-0.39, 0.29) is 18.0 Å². The first-order valence-electron chi connectivity index (χ1n) is 8.73. The van der Waals surface area contributed by atoms with Crippen molar-refractivity contribution in [1.82, 2.24) is 10.2 Å². The van der Waals surface area contributed by atoms with Crippen molar-refractivity contribution in [3.63, 3.8) is 0 Å². The van der Waals surface area contributed by atoms with Gasteiger partial charge in [0.15, 0.2) is 0 Å². The third-order valence-electron chi connectivity index (χ3n) is 3.86. The molecule has 1 atom stereocenters. The van der Waals surface area contributed by atoms with Crippen molar-refractivity contribution in [3.8, 4) is 0 Å². The number of hydrogen-bond acceptors (Lipinski definition) is 4. The minimum absolute atomic E-state index is 0.0355. The lowest BCUT2D eigenvalue weighted by Crippen LogP contribution is -2.46. The molecule has 25 heavy (non-hydrogen) atoms. The zero-order valence-corrected chi connectivity index (χ0v) is 14.9. The van der Waals surface area contributed by atoms with Crippen LogP contribution in [-0.4, -0.2) is 62.4 Å². The van der Waals surface area contributed by atoms with Crippen molar-refractivity contribution in [3.05, 3.63) is 29.8 Å². The van der Waals surface area contributed by atoms with Gasteiger partial charge in [-0.25, -0.2) is 4.79 Å². The third kappa shape index (κ3) is 6.36. The van der Waals surface area contributed by atoms with Gasteiger partial charge < -0.3 is 25.0 Å². The molecule has 0 bridgehead atoms. The molecule has 1 fully saturated rings. The van der Waals surface area contributed by atoms with Crippen LogP contribution in [0, 0.1) is 0 Å². The third-order valence-corrected chi connectivity index (χ3v) is 3.86. The zero-order chi connectivity index (χ0) is 18.1. The fourth-order valence-corrected chi connectivity index (χ4v) is 2.57. The summed E-state index contributed by atoms with van der Waals surface area (Å²) >= 11 is 0. The average molecular weight is 349 g/mol. The van der Waals surface area contributed by atoms with Gasteiger partial charge in [0.05, 0.1) is 12.7 Å². The smallest absolute Gasteiger partial charge is 0.322 e. The normalized spacial score (nSPS) is 17.2. The minimum Gasteiger partial charge on any atom is -0.382 e. The van der Waals surface area contributed by atoms with E-state index < -0.39 is 0 Å². The maximum absolute atomic E-state index is 12.3. The Kier molecular flexibility index (Phi) is 7.69. The number of amides is 3. The average Bonchev–Trinajstić information content (AvgIpc) is 2.61. The van der Waals surface area contributed by atoms with Crippen molar-refractivity contribution in [2.45, 2.75) is 26.4 Å². The molecule has 0 aromatic heterocycles. The molecule has 138 valence electrons. The quantitative estimate of drug-likeness (QED) is 0.739. The van der Waals surface area contributed by atoms with E-state index in [0.29, 0.717) is 50.7 Å². The number of nitrogens with zero attached hydrogens (tertiary/aromatic N) is 1. The number of nitrogens with one attached hydrogen (secondary N) is 2. The van der Waals surface area contributed by atoms with Crippen LogP contribution in [-0.2, 0) is 9.47 Å². The van der Waals surface area contributed by atoms with Crippen LogP contribution in [0.25, 0.3) is 0 Å². The fraction of sp³-hybridized carbons (Fsp3) is 0.556. The van der Waals surface area contributed by atoms with Crippen LogP contribution in [0.1, 0.15) is 30.6 Å². The lowest BCUT2D eigenvalue weighted by atomic mass is 10.2. The van der Waals surface area contributed by atoms with Gasteiger partial charge in [-0.2, -0.15) is 0 Å². The summed E-state index contributed by atoms with van der Waals surface area (Å²) in [6.45, 7) is 7.41. The Balaban J connectivity index is 1.85. The number of urea groups is 1. The van der Waals surface area contributed by atoms with Gasteiger partial charge in [0.25, 0.3) is 5.91 Å². The second kappa shape index (κ2) is 10.0. The molecule has 1 saturated heterocycles. The van der Waals surface area contributed by atoms with Gasteiger partial charge in [0.2, 0.25) is 0 Å². The molecular formula is C18H27N3O4. The lowest BCUT2D eigenvalue weighted by Gasteiger charge is -2.31. The number of benzene rings is 1. The van der Waals surface area contributed by atoms with Crippen molar-refractivity contribution >= 4 is 17.6 Å². The Labute approximate surface area is 148 Å². The summed E-state index contributed by atoms with van der Waals surface area (Å²) in [5.41, 5.74) is 1.12. The summed E-state index contributed by atoms with van der Waals surface area (Å²) in [5.74, 6) is -0.160. The van der Waals surface area contributed by atoms with Crippen LogP contribution in [0.2, 0.25) is 0 Å². The van der Waals surface area contributed by atoms with Crippen LogP contribution in [0.5, 0.6) is 0 Å². The van der Waals surface area contributed by atoms with Gasteiger partial charge in [-0.1, -0.05) is 6.07 Å². The maximum atomic E-state index is 12.3. The summed E-state index contributed by atoms with van der Waals surface area (Å²) in [6, 6.07) is 6.76. The number of rotatable bonds is 7. The number of carbonyl (C=O) groups excluding carboxylic acids is 2. The maximum Gasteiger partial charge on any atom is 0.322 e. The first-order valence-corrected chi connectivity index (χ1v) is 8.73. The molecule has 2 N–H and O–H groups in total. The molecule has 0 unspecified atom stereocenters. The Morgan fingerprint density at radius 2 is 2.24 bits per heavy atom. The molecule has 3 amide bonds. The van der Waals surface area contributed by atoms with E-state index in [1.807, 2.05) is 13.8 Å². The van der Waals surface area contributed by atoms with Crippen LogP contribution in [0.4, 0.5) is 10.5 Å². The van der Waals surface area contributed by atoms with E-state index in [4.69, 9.17) is 9.47 Å². The first-order chi connectivity index (χ1) is 12.1. The molecule has 2 rings (SSSR count). The monoisotopic (exact) mass is 349 g/mol. The molecule has 1 heterocycles. The van der Waals surface area contributed by atoms with Crippen LogP contribution in [0.15, 0.2) is 24.3 Å². The van der Waals surface area contributed by atoms with Crippen LogP contribution >= 0.6 is 0 Å². The molecule has 0 saturated carbocycles. The van der Waals surface area contributed by atoms with Gasteiger partial charge in [0, 0.05) is 44.1 Å². The molecule has 1 aromatic rings. The molecule has 0 spiro atoms. The SMILES string of the molecule is CCOCCCNC(=O)c1cccc(NC(=O)N2CCO[C@@H](C)C2)c1. The van der Waals surface area contributed by atoms with E-state index in [1.54, 1.807) is 29.2 Å². The Morgan fingerprint density at radius 3 is 3.00 bits per heavy atom. The first kappa shape index (κ1) is 19.2. The Hall–Kier alpha value is -2.12. The van der Waals surface area contributed by atoms with E-state index in [0.717, 1.165) is 6.42 Å². The Bertz CT molecular complexity index is 579. The molecule has 1 aliphatic heterocycles. The van der Waals surface area contributed by atoms with Gasteiger partial charge in [0.1, 0.15) is 0 Å². The zero-order valence-electron chi connectivity index (χ0n) is 14.9. The second-order valence-corrected chi connectivity index (χ2v) is 5.94. The molecule has 7 heteroatoms. The highest BCUT2D eigenvalue weighted by molar-refractivity contribution is 5.96. The van der Waals surface area contributed by atoms with E-state index in [1.165, 1.54) is 0 Å². The number of morpholine rings is 1. The van der Waals surface area contributed by atoms with Crippen molar-refractivity contribution < 1.29 is 19.1 Å². The molecule has 0 aliphatic carbocycles. The predicted octanol–water partition coefficient (Wildman–Crippen LogP) is 2.10. The summed E-state index contributed by atoms with van der Waals surface area (Å²) < 4.78 is 10.7. The van der Waals surface area contributed by atoms with Gasteiger partial charge >= 0.3 is 6.03 Å². The molecule has 1 aromatic carbocycles. The van der Waals surface area contributed by atoms with Crippen LogP contribution < -0.4 is 10.6 Å². The summed E-state index contributed by atoms with van der Waals surface area (Å²) in [7, 11) is 0. The van der Waals surface area contributed by atoms with Gasteiger partial charge in [-0.15, -0.1) is 0 Å². The number of ether oxygens (including phenoxy) is 2. The van der Waals surface area contributed by atoms with Crippen molar-refractivity contribution in [2.75, 3.05) is 44.8 Å². The highest BCUT2D eigenvalue weighted by Crippen LogP contribution is 2.13. The second-order valence-electron chi connectivity index (χ2n) is 5.94. The number of anilines is 1. The van der Waals surface area contributed by atoms with E-state index >= 15 is 0 Å². The van der Waals surface area contributed by atoms with E-state index in [2.05, 4.69) is 10.6 Å². The molecule has 0 radical (unpaired) electrons. The summed E-state index contributed by atoms with van der Waals surface area (Å²) in [4.78, 5) is 26.2. The van der Waals surface area contributed by atoms with E-state index in [9.17, 15) is 9.59 Å². The predicted molar refractivity (Wildman–Crippen MR) is 95.9 cm³/mol. The highest BCUT2D eigenvalue weighted by Gasteiger charge is 2.21. The number of carbonyl (C=O) groups is 2. The van der Waals surface area contributed by atoms with Gasteiger partial charge in [-0.3, -0.25) is 4.79 Å².